The highest BCUT2D eigenvalue weighted by Crippen LogP contribution is 2.19. The van der Waals surface area contributed by atoms with Crippen LogP contribution in [0.2, 0.25) is 0 Å². The summed E-state index contributed by atoms with van der Waals surface area (Å²) in [6.07, 6.45) is 1.23. The maximum atomic E-state index is 11.8. The fourth-order valence-corrected chi connectivity index (χ4v) is 3.94. The summed E-state index contributed by atoms with van der Waals surface area (Å²) in [6.45, 7) is 0.397. The van der Waals surface area contributed by atoms with E-state index in [0.717, 1.165) is 5.56 Å². The second-order valence-electron chi connectivity index (χ2n) is 4.31. The third-order valence-electron chi connectivity index (χ3n) is 3.07. The third kappa shape index (κ3) is 2.86. The molecule has 0 aromatic heterocycles. The van der Waals surface area contributed by atoms with E-state index in [-0.39, 0.29) is 18.4 Å². The number of sulfonamides is 1. The predicted octanol–water partition coefficient (Wildman–Crippen LogP) is 0.625. The van der Waals surface area contributed by atoms with Gasteiger partial charge in [0.15, 0.2) is 0 Å². The number of benzene rings is 1. The van der Waals surface area contributed by atoms with Gasteiger partial charge in [-0.2, -0.15) is 4.31 Å². The van der Waals surface area contributed by atoms with Crippen LogP contribution < -0.4 is 0 Å². The average molecular weight is 255 g/mol. The normalized spacial score (nSPS) is 21.5. The van der Waals surface area contributed by atoms with Gasteiger partial charge in [-0.15, -0.1) is 0 Å². The summed E-state index contributed by atoms with van der Waals surface area (Å²) in [4.78, 5) is 0. The molecule has 1 aliphatic rings. The quantitative estimate of drug-likeness (QED) is 0.858. The molecular weight excluding hydrogens is 238 g/mol. The summed E-state index contributed by atoms with van der Waals surface area (Å²) in [7, 11) is -3.15. The van der Waals surface area contributed by atoms with Crippen molar-refractivity contribution in [3.63, 3.8) is 0 Å². The van der Waals surface area contributed by atoms with Gasteiger partial charge in [0.1, 0.15) is 0 Å². The van der Waals surface area contributed by atoms with Crippen LogP contribution in [0, 0.1) is 0 Å². The SMILES string of the molecule is O=S1(=O)CCCN1C(CO)Cc1ccccc1. The molecule has 2 rings (SSSR count). The van der Waals surface area contributed by atoms with Gasteiger partial charge in [-0.05, 0) is 18.4 Å². The van der Waals surface area contributed by atoms with E-state index in [4.69, 9.17) is 0 Å². The molecule has 1 N–H and O–H groups in total. The molecule has 0 spiro atoms. The molecule has 1 atom stereocenters. The van der Waals surface area contributed by atoms with E-state index in [1.807, 2.05) is 30.3 Å². The predicted molar refractivity (Wildman–Crippen MR) is 66.1 cm³/mol. The molecule has 1 fully saturated rings. The van der Waals surface area contributed by atoms with Crippen LogP contribution in [0.25, 0.3) is 0 Å². The standard InChI is InChI=1S/C12H17NO3S/c14-10-12(9-11-5-2-1-3-6-11)13-7-4-8-17(13,15)16/h1-3,5-6,12,14H,4,7-10H2. The van der Waals surface area contributed by atoms with Crippen molar-refractivity contribution in [2.75, 3.05) is 18.9 Å². The van der Waals surface area contributed by atoms with Crippen molar-refractivity contribution in [2.45, 2.75) is 18.9 Å². The smallest absolute Gasteiger partial charge is 0.214 e. The number of aliphatic hydroxyl groups is 1. The number of hydrogen-bond acceptors (Lipinski definition) is 3. The minimum Gasteiger partial charge on any atom is -0.395 e. The second kappa shape index (κ2) is 5.16. The largest absolute Gasteiger partial charge is 0.395 e. The van der Waals surface area contributed by atoms with E-state index in [2.05, 4.69) is 0 Å². The second-order valence-corrected chi connectivity index (χ2v) is 6.35. The van der Waals surface area contributed by atoms with Crippen LogP contribution in [0.15, 0.2) is 30.3 Å². The molecule has 94 valence electrons. The maximum Gasteiger partial charge on any atom is 0.214 e. The van der Waals surface area contributed by atoms with Crippen LogP contribution in [0.5, 0.6) is 0 Å². The van der Waals surface area contributed by atoms with Crippen molar-refractivity contribution in [1.29, 1.82) is 0 Å². The Hall–Kier alpha value is -0.910. The molecular formula is C12H17NO3S. The van der Waals surface area contributed by atoms with Gasteiger partial charge in [0.05, 0.1) is 18.4 Å². The molecule has 0 aliphatic carbocycles. The molecule has 0 amide bonds. The van der Waals surface area contributed by atoms with E-state index < -0.39 is 10.0 Å². The average Bonchev–Trinajstić information content (AvgIpc) is 2.67. The first-order chi connectivity index (χ1) is 8.13. The first-order valence-corrected chi connectivity index (χ1v) is 7.39. The van der Waals surface area contributed by atoms with Crippen molar-refractivity contribution in [3.05, 3.63) is 35.9 Å². The minimum atomic E-state index is -3.15. The Balaban J connectivity index is 2.12. The molecule has 0 bridgehead atoms. The van der Waals surface area contributed by atoms with Crippen LogP contribution in [-0.2, 0) is 16.4 Å². The fourth-order valence-electron chi connectivity index (χ4n) is 2.21. The molecule has 1 aliphatic heterocycles. The van der Waals surface area contributed by atoms with Crippen LogP contribution in [0.4, 0.5) is 0 Å². The molecule has 17 heavy (non-hydrogen) atoms. The van der Waals surface area contributed by atoms with E-state index in [9.17, 15) is 13.5 Å². The van der Waals surface area contributed by atoms with Gasteiger partial charge in [0, 0.05) is 6.54 Å². The third-order valence-corrected chi connectivity index (χ3v) is 5.07. The topological polar surface area (TPSA) is 57.6 Å². The van der Waals surface area contributed by atoms with Crippen molar-refractivity contribution in [1.82, 2.24) is 4.31 Å². The summed E-state index contributed by atoms with van der Waals surface area (Å²) in [5.41, 5.74) is 1.05. The van der Waals surface area contributed by atoms with Gasteiger partial charge in [-0.1, -0.05) is 30.3 Å². The summed E-state index contributed by atoms with van der Waals surface area (Å²) in [6, 6.07) is 9.33. The lowest BCUT2D eigenvalue weighted by Gasteiger charge is -2.24. The van der Waals surface area contributed by atoms with Gasteiger partial charge in [-0.25, -0.2) is 8.42 Å². The Morgan fingerprint density at radius 1 is 1.29 bits per heavy atom. The van der Waals surface area contributed by atoms with Gasteiger partial charge in [0.25, 0.3) is 0 Å². The monoisotopic (exact) mass is 255 g/mol. The molecule has 1 heterocycles. The van der Waals surface area contributed by atoms with Crippen molar-refractivity contribution < 1.29 is 13.5 Å². The van der Waals surface area contributed by atoms with E-state index in [1.54, 1.807) is 0 Å². The molecule has 4 nitrogen and oxygen atoms in total. The number of hydrogen-bond donors (Lipinski definition) is 1. The molecule has 1 aromatic carbocycles. The molecule has 0 saturated carbocycles. The number of rotatable bonds is 4. The van der Waals surface area contributed by atoms with Crippen LogP contribution >= 0.6 is 0 Å². The van der Waals surface area contributed by atoms with Crippen LogP contribution in [0.3, 0.4) is 0 Å². The molecule has 5 heteroatoms. The summed E-state index contributed by atoms with van der Waals surface area (Å²) in [5.74, 6) is 0.207. The van der Waals surface area contributed by atoms with Gasteiger partial charge in [-0.3, -0.25) is 0 Å². The Kier molecular flexibility index (Phi) is 3.81. The molecule has 1 aromatic rings. The lowest BCUT2D eigenvalue weighted by molar-refractivity contribution is 0.192. The van der Waals surface area contributed by atoms with Crippen molar-refractivity contribution in [3.8, 4) is 0 Å². The van der Waals surface area contributed by atoms with Crippen LogP contribution in [-0.4, -0.2) is 42.8 Å². The molecule has 1 saturated heterocycles. The Labute approximate surface area is 102 Å². The van der Waals surface area contributed by atoms with Gasteiger partial charge >= 0.3 is 0 Å². The highest BCUT2D eigenvalue weighted by Gasteiger charge is 2.33. The highest BCUT2D eigenvalue weighted by atomic mass is 32.2. The lowest BCUT2D eigenvalue weighted by Crippen LogP contribution is -2.40. The Morgan fingerprint density at radius 3 is 2.53 bits per heavy atom. The summed E-state index contributed by atoms with van der Waals surface area (Å²) < 4.78 is 25.0. The maximum absolute atomic E-state index is 11.8. The number of nitrogens with zero attached hydrogens (tertiary/aromatic N) is 1. The van der Waals surface area contributed by atoms with Crippen LogP contribution in [0.1, 0.15) is 12.0 Å². The Bertz CT molecular complexity index is 458. The first-order valence-electron chi connectivity index (χ1n) is 5.78. The highest BCUT2D eigenvalue weighted by molar-refractivity contribution is 7.89. The first kappa shape index (κ1) is 12.5. The molecule has 1 unspecified atom stereocenters. The summed E-state index contributed by atoms with van der Waals surface area (Å²) in [5, 5.41) is 9.37. The summed E-state index contributed by atoms with van der Waals surface area (Å²) >= 11 is 0. The zero-order chi connectivity index (χ0) is 12.3. The van der Waals surface area contributed by atoms with Crippen molar-refractivity contribution >= 4 is 10.0 Å². The zero-order valence-electron chi connectivity index (χ0n) is 9.62. The minimum absolute atomic E-state index is 0.131. The number of aliphatic hydroxyl groups excluding tert-OH is 1. The molecule has 0 radical (unpaired) electrons. The fraction of sp³-hybridized carbons (Fsp3) is 0.500. The zero-order valence-corrected chi connectivity index (χ0v) is 10.4. The van der Waals surface area contributed by atoms with E-state index in [0.29, 0.717) is 19.4 Å². The van der Waals surface area contributed by atoms with Gasteiger partial charge < -0.3 is 5.11 Å². The van der Waals surface area contributed by atoms with Crippen molar-refractivity contribution in [2.24, 2.45) is 0 Å². The van der Waals surface area contributed by atoms with E-state index >= 15 is 0 Å². The van der Waals surface area contributed by atoms with E-state index in [1.165, 1.54) is 4.31 Å². The lowest BCUT2D eigenvalue weighted by atomic mass is 10.1. The Morgan fingerprint density at radius 2 is 2.00 bits per heavy atom. The van der Waals surface area contributed by atoms with Gasteiger partial charge in [0.2, 0.25) is 10.0 Å².